The normalized spacial score (nSPS) is 11.2. The Labute approximate surface area is 170 Å². The van der Waals surface area contributed by atoms with Crippen LogP contribution in [-0.2, 0) is 5.41 Å². The summed E-state index contributed by atoms with van der Waals surface area (Å²) in [5, 5.41) is 9.71. The maximum absolute atomic E-state index is 9.71. The molecule has 0 amide bonds. The van der Waals surface area contributed by atoms with Crippen LogP contribution in [-0.4, -0.2) is 17.0 Å². The fourth-order valence-corrected chi connectivity index (χ4v) is 3.51. The third-order valence-corrected chi connectivity index (χ3v) is 5.03. The summed E-state index contributed by atoms with van der Waals surface area (Å²) >= 11 is 8.20. The quantitative estimate of drug-likeness (QED) is 0.288. The number of hydrogen-bond donors (Lipinski definition) is 3. The minimum Gasteiger partial charge on any atom is -0.508 e. The Morgan fingerprint density at radius 3 is 1.33 bits per heavy atom. The molecule has 0 radical (unpaired) electrons. The van der Waals surface area contributed by atoms with Crippen molar-refractivity contribution in [3.63, 3.8) is 0 Å². The lowest BCUT2D eigenvalue weighted by Crippen LogP contribution is -2.25. The van der Waals surface area contributed by atoms with Crippen LogP contribution in [0.3, 0.4) is 0 Å². The van der Waals surface area contributed by atoms with Crippen LogP contribution in [0.5, 0.6) is 17.2 Å². The van der Waals surface area contributed by atoms with Gasteiger partial charge in [0.15, 0.2) is 0 Å². The van der Waals surface area contributed by atoms with Crippen molar-refractivity contribution in [3.05, 3.63) is 89.5 Å². The molecular weight excluding hydrogens is 376 g/mol. The van der Waals surface area contributed by atoms with Gasteiger partial charge in [0.25, 0.3) is 0 Å². The lowest BCUT2D eigenvalue weighted by atomic mass is 9.71. The van der Waals surface area contributed by atoms with E-state index in [-0.39, 0.29) is 5.75 Å². The third kappa shape index (κ3) is 4.20. The van der Waals surface area contributed by atoms with Gasteiger partial charge < -0.3 is 14.6 Å². The van der Waals surface area contributed by atoms with Crippen molar-refractivity contribution in [3.8, 4) is 17.2 Å². The van der Waals surface area contributed by atoms with E-state index < -0.39 is 5.41 Å². The molecular formula is C22H22O3S2. The van der Waals surface area contributed by atoms with E-state index in [1.54, 1.807) is 12.1 Å². The Bertz CT molecular complexity index is 810. The molecule has 0 aliphatic rings. The second-order valence-electron chi connectivity index (χ2n) is 6.27. The van der Waals surface area contributed by atoms with Crippen LogP contribution >= 0.6 is 25.3 Å². The maximum atomic E-state index is 9.71. The summed E-state index contributed by atoms with van der Waals surface area (Å²) in [4.78, 5) is 0. The van der Waals surface area contributed by atoms with Gasteiger partial charge in [-0.05, 0) is 60.0 Å². The Morgan fingerprint density at radius 2 is 1.00 bits per heavy atom. The SMILES string of the molecule is CC(c1ccc(O)cc1)(c1ccc(OCS)cc1)c1ccc(OCS)cc1. The standard InChI is InChI=1S/C22H22O3S2/c1-22(16-2-8-19(23)9-3-16,17-4-10-20(11-5-17)24-14-26)18-6-12-21(13-7-18)25-15-27/h2-13,23,26-27H,14-15H2,1H3. The molecule has 5 heteroatoms. The lowest BCUT2D eigenvalue weighted by Gasteiger charge is -2.32. The second-order valence-corrected chi connectivity index (χ2v) is 6.78. The van der Waals surface area contributed by atoms with Gasteiger partial charge >= 0.3 is 0 Å². The Hall–Kier alpha value is -2.24. The molecule has 1 N–H and O–H groups in total. The topological polar surface area (TPSA) is 38.7 Å². The third-order valence-electron chi connectivity index (χ3n) is 4.77. The Morgan fingerprint density at radius 1 is 0.667 bits per heavy atom. The zero-order valence-electron chi connectivity index (χ0n) is 15.0. The molecule has 140 valence electrons. The van der Waals surface area contributed by atoms with Crippen molar-refractivity contribution in [2.45, 2.75) is 12.3 Å². The largest absolute Gasteiger partial charge is 0.508 e. The van der Waals surface area contributed by atoms with Gasteiger partial charge in [0.1, 0.15) is 29.1 Å². The van der Waals surface area contributed by atoms with Crippen molar-refractivity contribution >= 4 is 25.3 Å². The second kappa shape index (κ2) is 8.63. The van der Waals surface area contributed by atoms with E-state index in [1.165, 1.54) is 0 Å². The van der Waals surface area contributed by atoms with Crippen LogP contribution < -0.4 is 9.47 Å². The Kier molecular flexibility index (Phi) is 6.24. The Balaban J connectivity index is 2.09. The highest BCUT2D eigenvalue weighted by Crippen LogP contribution is 2.40. The van der Waals surface area contributed by atoms with Crippen LogP contribution in [0.4, 0.5) is 0 Å². The minimum absolute atomic E-state index is 0.246. The summed E-state index contributed by atoms with van der Waals surface area (Å²) in [7, 11) is 0. The van der Waals surface area contributed by atoms with E-state index in [0.717, 1.165) is 28.2 Å². The van der Waals surface area contributed by atoms with Crippen LogP contribution in [0.2, 0.25) is 0 Å². The number of phenols is 1. The van der Waals surface area contributed by atoms with E-state index in [4.69, 9.17) is 9.47 Å². The van der Waals surface area contributed by atoms with Gasteiger partial charge in [-0.15, -0.1) is 25.3 Å². The molecule has 0 atom stereocenters. The van der Waals surface area contributed by atoms with E-state index in [1.807, 2.05) is 36.4 Å². The van der Waals surface area contributed by atoms with E-state index in [2.05, 4.69) is 56.4 Å². The minimum atomic E-state index is -0.410. The molecule has 3 nitrogen and oxygen atoms in total. The molecule has 0 aromatic heterocycles. The molecule has 0 bridgehead atoms. The molecule has 3 aromatic carbocycles. The molecule has 0 heterocycles. The molecule has 0 unspecified atom stereocenters. The van der Waals surface area contributed by atoms with Crippen LogP contribution in [0.15, 0.2) is 72.8 Å². The van der Waals surface area contributed by atoms with E-state index in [0.29, 0.717) is 11.9 Å². The molecule has 0 aliphatic carbocycles. The number of hydrogen-bond acceptors (Lipinski definition) is 5. The summed E-state index contributed by atoms with van der Waals surface area (Å²) in [5.74, 6) is 2.47. The number of aromatic hydroxyl groups is 1. The van der Waals surface area contributed by atoms with Gasteiger partial charge in [-0.3, -0.25) is 0 Å². The predicted molar refractivity (Wildman–Crippen MR) is 116 cm³/mol. The first-order valence-electron chi connectivity index (χ1n) is 8.56. The van der Waals surface area contributed by atoms with Gasteiger partial charge in [-0.1, -0.05) is 36.4 Å². The molecule has 0 fully saturated rings. The van der Waals surface area contributed by atoms with Crippen LogP contribution in [0, 0.1) is 0 Å². The molecule has 3 aromatic rings. The highest BCUT2D eigenvalue weighted by molar-refractivity contribution is 7.80. The lowest BCUT2D eigenvalue weighted by molar-refractivity contribution is 0.394. The molecule has 0 aliphatic heterocycles. The molecule has 27 heavy (non-hydrogen) atoms. The first-order chi connectivity index (χ1) is 13.1. The number of benzene rings is 3. The number of phenolic OH excluding ortho intramolecular Hbond substituents is 1. The van der Waals surface area contributed by atoms with Crippen molar-refractivity contribution in [1.29, 1.82) is 0 Å². The van der Waals surface area contributed by atoms with Gasteiger partial charge in [-0.2, -0.15) is 0 Å². The summed E-state index contributed by atoms with van der Waals surface area (Å²) in [6.07, 6.45) is 0. The zero-order valence-corrected chi connectivity index (χ0v) is 16.8. The first-order valence-corrected chi connectivity index (χ1v) is 9.82. The predicted octanol–water partition coefficient (Wildman–Crippen LogP) is 5.28. The fraction of sp³-hybridized carbons (Fsp3) is 0.182. The van der Waals surface area contributed by atoms with Crippen molar-refractivity contribution in [1.82, 2.24) is 0 Å². The van der Waals surface area contributed by atoms with Crippen molar-refractivity contribution in [2.75, 3.05) is 11.9 Å². The number of rotatable bonds is 7. The monoisotopic (exact) mass is 398 g/mol. The summed E-state index contributed by atoms with van der Waals surface area (Å²) < 4.78 is 10.9. The molecule has 0 saturated carbocycles. The highest BCUT2D eigenvalue weighted by atomic mass is 32.1. The van der Waals surface area contributed by atoms with Gasteiger partial charge in [0.2, 0.25) is 0 Å². The van der Waals surface area contributed by atoms with Gasteiger partial charge in [0.05, 0.1) is 0 Å². The fourth-order valence-electron chi connectivity index (χ4n) is 3.21. The van der Waals surface area contributed by atoms with Gasteiger partial charge in [-0.25, -0.2) is 0 Å². The van der Waals surface area contributed by atoms with Crippen LogP contribution in [0.25, 0.3) is 0 Å². The average Bonchev–Trinajstić information content (AvgIpc) is 2.70. The summed E-state index contributed by atoms with van der Waals surface area (Å²) in [6.45, 7) is 2.17. The van der Waals surface area contributed by atoms with Crippen molar-refractivity contribution < 1.29 is 14.6 Å². The van der Waals surface area contributed by atoms with Crippen LogP contribution in [0.1, 0.15) is 23.6 Å². The zero-order chi connectivity index (χ0) is 19.3. The van der Waals surface area contributed by atoms with Crippen molar-refractivity contribution in [2.24, 2.45) is 0 Å². The van der Waals surface area contributed by atoms with E-state index in [9.17, 15) is 5.11 Å². The number of ether oxygens (including phenoxy) is 2. The van der Waals surface area contributed by atoms with E-state index >= 15 is 0 Å². The maximum Gasteiger partial charge on any atom is 0.131 e. The number of thiol groups is 2. The average molecular weight is 399 g/mol. The first kappa shape index (κ1) is 19.5. The molecule has 0 spiro atoms. The summed E-state index contributed by atoms with van der Waals surface area (Å²) in [5.41, 5.74) is 2.89. The molecule has 0 saturated heterocycles. The smallest absolute Gasteiger partial charge is 0.131 e. The highest BCUT2D eigenvalue weighted by Gasteiger charge is 2.31. The summed E-state index contributed by atoms with van der Waals surface area (Å²) in [6, 6.07) is 23.4. The van der Waals surface area contributed by atoms with Gasteiger partial charge in [0, 0.05) is 5.41 Å². The molecule has 3 rings (SSSR count).